The molecule has 1 atom stereocenters. The van der Waals surface area contributed by atoms with Crippen molar-refractivity contribution >= 4 is 14.1 Å². The van der Waals surface area contributed by atoms with E-state index in [2.05, 4.69) is 0 Å². The average molecular weight is 290 g/mol. The van der Waals surface area contributed by atoms with E-state index >= 15 is 0 Å². The van der Waals surface area contributed by atoms with Crippen molar-refractivity contribution in [1.29, 1.82) is 0 Å². The molecule has 106 valence electrons. The van der Waals surface area contributed by atoms with Crippen molar-refractivity contribution in [3.8, 4) is 0 Å². The number of carbonyl (C=O) groups is 1. The molecular formula is C13H17F3O2Si. The normalized spacial score (nSPS) is 15.9. The molecule has 0 spiro atoms. The fraction of sp³-hybridized carbons (Fsp3) is 0.462. The minimum atomic E-state index is -4.75. The van der Waals surface area contributed by atoms with E-state index in [1.54, 1.807) is 25.7 Å². The van der Waals surface area contributed by atoms with Gasteiger partial charge in [0.2, 0.25) is 11.4 Å². The summed E-state index contributed by atoms with van der Waals surface area (Å²) in [5.41, 5.74) is -2.79. The fourth-order valence-electron chi connectivity index (χ4n) is 1.71. The molecule has 0 radical (unpaired) electrons. The molecule has 0 fully saturated rings. The molecule has 1 rings (SSSR count). The Morgan fingerprint density at radius 2 is 1.58 bits per heavy atom. The standard InChI is InChI=1S/C13H17F3O2Si/c1-12(13(14,15)16,18-19(2,3)4)11(17)10-8-6-5-7-9-10/h5-9H,1-4H3. The van der Waals surface area contributed by atoms with Crippen LogP contribution in [0.25, 0.3) is 0 Å². The largest absolute Gasteiger partial charge is 0.423 e. The number of benzene rings is 1. The minimum absolute atomic E-state index is 0.000532. The second-order valence-electron chi connectivity index (χ2n) is 5.44. The van der Waals surface area contributed by atoms with Crippen molar-refractivity contribution in [2.75, 3.05) is 0 Å². The zero-order valence-corrected chi connectivity index (χ0v) is 12.3. The maximum Gasteiger partial charge on any atom is 0.423 e. The van der Waals surface area contributed by atoms with Crippen LogP contribution in [0, 0.1) is 0 Å². The molecule has 0 aromatic heterocycles. The van der Waals surface area contributed by atoms with Crippen LogP contribution in [0.1, 0.15) is 17.3 Å². The molecule has 19 heavy (non-hydrogen) atoms. The maximum atomic E-state index is 13.2. The summed E-state index contributed by atoms with van der Waals surface area (Å²) in [5.74, 6) is -1.05. The molecule has 0 amide bonds. The molecule has 0 saturated heterocycles. The van der Waals surface area contributed by atoms with Crippen molar-refractivity contribution in [3.63, 3.8) is 0 Å². The molecule has 0 N–H and O–H groups in total. The van der Waals surface area contributed by atoms with Crippen molar-refractivity contribution < 1.29 is 22.4 Å². The Morgan fingerprint density at radius 3 is 1.95 bits per heavy atom. The van der Waals surface area contributed by atoms with Crippen molar-refractivity contribution in [2.24, 2.45) is 0 Å². The number of carbonyl (C=O) groups excluding carboxylic acids is 1. The molecule has 0 bridgehead atoms. The molecule has 6 heteroatoms. The van der Waals surface area contributed by atoms with Crippen molar-refractivity contribution in [1.82, 2.24) is 0 Å². The van der Waals surface area contributed by atoms with Crippen LogP contribution in [-0.4, -0.2) is 25.9 Å². The third-order valence-corrected chi connectivity index (χ3v) is 3.54. The lowest BCUT2D eigenvalue weighted by Crippen LogP contribution is -2.56. The summed E-state index contributed by atoms with van der Waals surface area (Å²) in [4.78, 5) is 12.2. The van der Waals surface area contributed by atoms with E-state index in [1.807, 2.05) is 0 Å². The predicted octanol–water partition coefficient (Wildman–Crippen LogP) is 4.04. The van der Waals surface area contributed by atoms with E-state index in [1.165, 1.54) is 24.3 Å². The summed E-state index contributed by atoms with van der Waals surface area (Å²) in [7, 11) is -2.54. The van der Waals surface area contributed by atoms with Crippen LogP contribution >= 0.6 is 0 Å². The number of halogens is 3. The lowest BCUT2D eigenvalue weighted by Gasteiger charge is -2.36. The van der Waals surface area contributed by atoms with Crippen LogP contribution in [0.5, 0.6) is 0 Å². The minimum Gasteiger partial charge on any atom is -0.398 e. The first-order valence-electron chi connectivity index (χ1n) is 5.84. The number of rotatable bonds is 4. The highest BCUT2D eigenvalue weighted by molar-refractivity contribution is 6.70. The monoisotopic (exact) mass is 290 g/mol. The smallest absolute Gasteiger partial charge is 0.398 e. The quantitative estimate of drug-likeness (QED) is 0.618. The van der Waals surface area contributed by atoms with E-state index in [9.17, 15) is 18.0 Å². The predicted molar refractivity (Wildman–Crippen MR) is 69.7 cm³/mol. The molecule has 2 nitrogen and oxygen atoms in total. The molecule has 1 aromatic carbocycles. The molecule has 0 saturated carbocycles. The molecule has 0 aliphatic heterocycles. The van der Waals surface area contributed by atoms with Gasteiger partial charge in [-0.15, -0.1) is 0 Å². The second kappa shape index (κ2) is 5.09. The van der Waals surface area contributed by atoms with Crippen LogP contribution in [0.3, 0.4) is 0 Å². The van der Waals surface area contributed by atoms with E-state index in [-0.39, 0.29) is 5.56 Å². The molecule has 0 aliphatic rings. The molecule has 1 aromatic rings. The summed E-state index contributed by atoms with van der Waals surface area (Å²) < 4.78 is 44.9. The van der Waals surface area contributed by atoms with E-state index in [0.29, 0.717) is 0 Å². The third kappa shape index (κ3) is 3.67. The third-order valence-electron chi connectivity index (χ3n) is 2.52. The van der Waals surface area contributed by atoms with E-state index in [4.69, 9.17) is 4.43 Å². The van der Waals surface area contributed by atoms with Crippen LogP contribution in [0.4, 0.5) is 13.2 Å². The van der Waals surface area contributed by atoms with Gasteiger partial charge in [0, 0.05) is 5.56 Å². The van der Waals surface area contributed by atoms with Gasteiger partial charge in [-0.2, -0.15) is 13.2 Å². The zero-order valence-electron chi connectivity index (χ0n) is 11.3. The Hall–Kier alpha value is -1.14. The SMILES string of the molecule is CC(O[Si](C)(C)C)(C(=O)c1ccccc1)C(F)(F)F. The first kappa shape index (κ1) is 15.9. The maximum absolute atomic E-state index is 13.2. The number of hydrogen-bond donors (Lipinski definition) is 0. The lowest BCUT2D eigenvalue weighted by molar-refractivity contribution is -0.223. The highest BCUT2D eigenvalue weighted by atomic mass is 28.4. The van der Waals surface area contributed by atoms with Gasteiger partial charge in [-0.3, -0.25) is 4.79 Å². The number of ketones is 1. The molecular weight excluding hydrogens is 273 g/mol. The van der Waals surface area contributed by atoms with E-state index in [0.717, 1.165) is 6.92 Å². The Bertz CT molecular complexity index is 451. The highest BCUT2D eigenvalue weighted by Gasteiger charge is 2.59. The van der Waals surface area contributed by atoms with Crippen molar-refractivity contribution in [2.45, 2.75) is 38.3 Å². The fourth-order valence-corrected chi connectivity index (χ4v) is 3.14. The molecule has 0 heterocycles. The van der Waals surface area contributed by atoms with Gasteiger partial charge in [0.15, 0.2) is 8.32 Å². The molecule has 1 unspecified atom stereocenters. The second-order valence-corrected chi connectivity index (χ2v) is 9.87. The van der Waals surface area contributed by atoms with Crippen LogP contribution in [-0.2, 0) is 4.43 Å². The Morgan fingerprint density at radius 1 is 1.11 bits per heavy atom. The highest BCUT2D eigenvalue weighted by Crippen LogP contribution is 2.38. The topological polar surface area (TPSA) is 26.3 Å². The number of Topliss-reactive ketones (excluding diaryl/α,β-unsaturated/α-hetero) is 1. The first-order chi connectivity index (χ1) is 8.47. The van der Waals surface area contributed by atoms with E-state index < -0.39 is 25.9 Å². The van der Waals surface area contributed by atoms with Gasteiger partial charge < -0.3 is 4.43 Å². The summed E-state index contributed by atoms with van der Waals surface area (Å²) in [6.07, 6.45) is -4.75. The van der Waals surface area contributed by atoms with Crippen LogP contribution in [0.2, 0.25) is 19.6 Å². The van der Waals surface area contributed by atoms with Gasteiger partial charge in [0.25, 0.3) is 0 Å². The van der Waals surface area contributed by atoms with Gasteiger partial charge in [0.1, 0.15) is 0 Å². The Balaban J connectivity index is 3.23. The number of hydrogen-bond acceptors (Lipinski definition) is 2. The number of alkyl halides is 3. The Labute approximate surface area is 111 Å². The summed E-state index contributed by atoms with van der Waals surface area (Å²) in [5, 5.41) is 0. The van der Waals surface area contributed by atoms with Gasteiger partial charge in [-0.25, -0.2) is 0 Å². The zero-order chi connectivity index (χ0) is 14.9. The molecule has 0 aliphatic carbocycles. The van der Waals surface area contributed by atoms with Gasteiger partial charge >= 0.3 is 6.18 Å². The van der Waals surface area contributed by atoms with Gasteiger partial charge in [-0.1, -0.05) is 30.3 Å². The summed E-state index contributed by atoms with van der Waals surface area (Å²) >= 11 is 0. The van der Waals surface area contributed by atoms with Crippen molar-refractivity contribution in [3.05, 3.63) is 35.9 Å². The summed E-state index contributed by atoms with van der Waals surface area (Å²) in [6.45, 7) is 5.67. The average Bonchev–Trinajstić information content (AvgIpc) is 2.25. The first-order valence-corrected chi connectivity index (χ1v) is 9.25. The van der Waals surface area contributed by atoms with Crippen LogP contribution in [0.15, 0.2) is 30.3 Å². The summed E-state index contributed by atoms with van der Waals surface area (Å²) in [6, 6.07) is 7.41. The lowest BCUT2D eigenvalue weighted by atomic mass is 9.94. The Kier molecular flexibility index (Phi) is 4.26. The van der Waals surface area contributed by atoms with Gasteiger partial charge in [-0.05, 0) is 26.6 Å². The van der Waals surface area contributed by atoms with Gasteiger partial charge in [0.05, 0.1) is 0 Å². The van der Waals surface area contributed by atoms with Crippen LogP contribution < -0.4 is 0 Å².